The maximum absolute atomic E-state index is 13.3. The van der Waals surface area contributed by atoms with Crippen LogP contribution in [0.2, 0.25) is 5.15 Å². The van der Waals surface area contributed by atoms with E-state index >= 15 is 0 Å². The van der Waals surface area contributed by atoms with Crippen LogP contribution in [0.4, 0.5) is 0 Å². The van der Waals surface area contributed by atoms with Crippen molar-refractivity contribution >= 4 is 45.1 Å². The zero-order valence-electron chi connectivity index (χ0n) is 24.5. The van der Waals surface area contributed by atoms with Crippen molar-refractivity contribution in [2.45, 2.75) is 51.5 Å². The topological polar surface area (TPSA) is 84.9 Å². The van der Waals surface area contributed by atoms with Gasteiger partial charge in [-0.25, -0.2) is 0 Å². The number of rotatable bonds is 5. The van der Waals surface area contributed by atoms with Crippen LogP contribution in [0, 0.1) is 20.7 Å². The predicted molar refractivity (Wildman–Crippen MR) is 150 cm³/mol. The average Bonchev–Trinajstić information content (AvgIpc) is 2.90. The minimum absolute atomic E-state index is 0.0237. The fourth-order valence-electron chi connectivity index (χ4n) is 4.64. The SMILES string of the molecule is [2H]C([2H])([2H])c1c(-c2nc(Cl)cc[c]2[Au][CH](C)c2cc(C)cc3c(=O)c(C)c(C(C)C)oc23)ccc2c1C=NOB2O. The van der Waals surface area contributed by atoms with Crippen molar-refractivity contribution in [2.75, 3.05) is 0 Å². The second-order valence-electron chi connectivity index (χ2n) is 9.55. The Kier molecular flexibility index (Phi) is 6.40. The van der Waals surface area contributed by atoms with Crippen LogP contribution < -0.4 is 14.7 Å². The standard InChI is InChI=1S/C16H19O2.C13H9BClN2O2.Au/c1-6-12-7-10(4)8-13-14(17)11(5)15(9(2)3)18-16(12)13;1-8-9(12-3-2-4-13(15)17-12)5-6-11-10(8)7-16-19-14(11)18;/h6-9H,1-5H3;2,4-7,18H,1H3;/i;1D3;. The van der Waals surface area contributed by atoms with E-state index in [0.717, 1.165) is 14.9 Å². The van der Waals surface area contributed by atoms with Crippen LogP contribution >= 0.6 is 11.6 Å². The van der Waals surface area contributed by atoms with Gasteiger partial charge in [0.05, 0.1) is 0 Å². The van der Waals surface area contributed by atoms with Gasteiger partial charge in [-0.1, -0.05) is 0 Å². The first kappa shape index (κ1) is 23.2. The number of aromatic nitrogens is 1. The van der Waals surface area contributed by atoms with E-state index in [1.165, 1.54) is 6.21 Å². The first-order valence-corrected chi connectivity index (χ1v) is 14.8. The summed E-state index contributed by atoms with van der Waals surface area (Å²) in [6.07, 6.45) is 1.31. The molecule has 2 aromatic carbocycles. The van der Waals surface area contributed by atoms with E-state index in [4.69, 9.17) is 24.9 Å². The van der Waals surface area contributed by atoms with Gasteiger partial charge in [0.2, 0.25) is 0 Å². The third kappa shape index (κ3) is 4.78. The number of hydrogen-bond donors (Lipinski definition) is 1. The molecule has 0 spiro atoms. The number of benzene rings is 2. The molecular formula is C29H28AuBClN2O4. The average molecular weight is 715 g/mol. The van der Waals surface area contributed by atoms with Gasteiger partial charge >= 0.3 is 241 Å². The molecule has 0 saturated heterocycles. The molecule has 9 heteroatoms. The first-order valence-electron chi connectivity index (χ1n) is 13.6. The van der Waals surface area contributed by atoms with Crippen LogP contribution in [0.3, 0.4) is 0 Å². The summed E-state index contributed by atoms with van der Waals surface area (Å²) in [6.45, 7) is 7.32. The fourth-order valence-corrected chi connectivity index (χ4v) is 7.70. The van der Waals surface area contributed by atoms with Gasteiger partial charge in [-0.05, 0) is 0 Å². The second-order valence-corrected chi connectivity index (χ2v) is 13.6. The van der Waals surface area contributed by atoms with Gasteiger partial charge < -0.3 is 0 Å². The van der Waals surface area contributed by atoms with Gasteiger partial charge in [0.25, 0.3) is 0 Å². The summed E-state index contributed by atoms with van der Waals surface area (Å²) in [4.78, 5) is 17.9. The zero-order chi connectivity index (χ0) is 29.8. The Morgan fingerprint density at radius 1 is 1.13 bits per heavy atom. The molecule has 5 rings (SSSR count). The number of oxime groups is 1. The van der Waals surface area contributed by atoms with E-state index in [-0.39, 0.29) is 31.8 Å². The molecule has 4 aromatic rings. The molecule has 1 aliphatic rings. The summed E-state index contributed by atoms with van der Waals surface area (Å²) in [6, 6.07) is 10.8. The fraction of sp³-hybridized carbons (Fsp3) is 0.276. The van der Waals surface area contributed by atoms with Crippen molar-refractivity contribution in [3.05, 3.63) is 85.4 Å². The molecule has 1 aliphatic heterocycles. The van der Waals surface area contributed by atoms with E-state index in [1.54, 1.807) is 25.1 Å². The van der Waals surface area contributed by atoms with Gasteiger partial charge in [0, 0.05) is 0 Å². The molecule has 0 saturated carbocycles. The summed E-state index contributed by atoms with van der Waals surface area (Å²) in [5.41, 5.74) is 4.55. The maximum atomic E-state index is 13.3. The minimum atomic E-state index is -2.53. The van der Waals surface area contributed by atoms with Crippen molar-refractivity contribution in [3.8, 4) is 11.3 Å². The molecule has 3 heterocycles. The van der Waals surface area contributed by atoms with Gasteiger partial charge in [-0.15, -0.1) is 0 Å². The Morgan fingerprint density at radius 2 is 1.92 bits per heavy atom. The molecule has 0 bridgehead atoms. The van der Waals surface area contributed by atoms with E-state index in [1.807, 2.05) is 32.9 Å². The molecule has 2 aromatic heterocycles. The predicted octanol–water partition coefficient (Wildman–Crippen LogP) is 5.08. The van der Waals surface area contributed by atoms with Gasteiger partial charge in [-0.3, -0.25) is 0 Å². The molecular weight excluding hydrogens is 684 g/mol. The van der Waals surface area contributed by atoms with E-state index in [2.05, 4.69) is 23.1 Å². The third-order valence-electron chi connectivity index (χ3n) is 6.51. The second kappa shape index (κ2) is 10.5. The van der Waals surface area contributed by atoms with Crippen molar-refractivity contribution < 1.29 is 38.1 Å². The Morgan fingerprint density at radius 3 is 2.66 bits per heavy atom. The molecule has 0 amide bonds. The third-order valence-corrected chi connectivity index (χ3v) is 9.88. The molecule has 6 nitrogen and oxygen atoms in total. The van der Waals surface area contributed by atoms with Crippen LogP contribution in [-0.4, -0.2) is 23.3 Å². The molecule has 1 unspecified atom stereocenters. The first-order chi connectivity index (χ1) is 19.3. The van der Waals surface area contributed by atoms with Crippen LogP contribution in [0.15, 0.2) is 50.8 Å². The van der Waals surface area contributed by atoms with Crippen LogP contribution in [0.5, 0.6) is 0 Å². The van der Waals surface area contributed by atoms with E-state index < -0.39 is 33.7 Å². The Labute approximate surface area is 240 Å². The van der Waals surface area contributed by atoms with Gasteiger partial charge in [-0.2, -0.15) is 0 Å². The summed E-state index contributed by atoms with van der Waals surface area (Å²) in [5, 5.41) is 14.8. The van der Waals surface area contributed by atoms with Crippen molar-refractivity contribution in [1.82, 2.24) is 4.98 Å². The Balaban J connectivity index is 1.68. The number of aryl methyl sites for hydroxylation is 1. The van der Waals surface area contributed by atoms with Crippen molar-refractivity contribution in [1.29, 1.82) is 0 Å². The van der Waals surface area contributed by atoms with Gasteiger partial charge in [0.15, 0.2) is 0 Å². The number of fused-ring (bicyclic) bond motifs is 2. The summed E-state index contributed by atoms with van der Waals surface area (Å²) < 4.78 is 37.2. The molecule has 1 atom stereocenters. The Hall–Kier alpha value is -2.67. The zero-order valence-corrected chi connectivity index (χ0v) is 24.4. The monoisotopic (exact) mass is 714 g/mol. The molecule has 0 fully saturated rings. The number of halogens is 1. The van der Waals surface area contributed by atoms with Gasteiger partial charge in [0.1, 0.15) is 0 Å². The van der Waals surface area contributed by atoms with Crippen LogP contribution in [0.25, 0.3) is 22.2 Å². The van der Waals surface area contributed by atoms with E-state index in [0.29, 0.717) is 39.0 Å². The molecule has 38 heavy (non-hydrogen) atoms. The Bertz CT molecular complexity index is 1770. The molecule has 1 N–H and O–H groups in total. The number of pyridine rings is 1. The summed E-state index contributed by atoms with van der Waals surface area (Å²) >= 11 is 5.66. The van der Waals surface area contributed by atoms with Crippen LogP contribution in [0.1, 0.15) is 68.5 Å². The summed E-state index contributed by atoms with van der Waals surface area (Å²) in [7, 11) is -1.37. The molecule has 199 valence electrons. The summed E-state index contributed by atoms with van der Waals surface area (Å²) in [5.74, 6) is 0.724. The number of hydrogen-bond acceptors (Lipinski definition) is 6. The normalized spacial score (nSPS) is 15.3. The van der Waals surface area contributed by atoms with Crippen molar-refractivity contribution in [2.24, 2.45) is 5.16 Å². The molecule has 0 radical (unpaired) electrons. The quantitative estimate of drug-likeness (QED) is 0.231. The van der Waals surface area contributed by atoms with Crippen LogP contribution in [-0.2, 0) is 24.5 Å². The van der Waals surface area contributed by atoms with E-state index in [9.17, 15) is 9.82 Å². The van der Waals surface area contributed by atoms with Crippen molar-refractivity contribution in [3.63, 3.8) is 0 Å². The molecule has 0 aliphatic carbocycles. The number of nitrogens with zero attached hydrogens (tertiary/aromatic N) is 2.